The molecule has 0 aliphatic carbocycles. The number of piperidine rings is 1. The van der Waals surface area contributed by atoms with Crippen LogP contribution in [-0.4, -0.2) is 25.0 Å². The third kappa shape index (κ3) is 4.51. The van der Waals surface area contributed by atoms with Crippen LogP contribution in [0.2, 0.25) is 0 Å². The van der Waals surface area contributed by atoms with Gasteiger partial charge in [0, 0.05) is 17.2 Å². The second kappa shape index (κ2) is 8.03. The zero-order valence-corrected chi connectivity index (χ0v) is 14.3. The van der Waals surface area contributed by atoms with Crippen LogP contribution < -0.4 is 21.5 Å². The normalized spacial score (nSPS) is 17.2. The number of nitrogen functional groups attached to an aromatic ring is 2. The van der Waals surface area contributed by atoms with Gasteiger partial charge in [-0.3, -0.25) is 4.79 Å². The minimum absolute atomic E-state index is 0.0916. The summed E-state index contributed by atoms with van der Waals surface area (Å²) in [6, 6.07) is 12.8. The van der Waals surface area contributed by atoms with Crippen LogP contribution in [0, 0.1) is 0 Å². The molecule has 1 aliphatic rings. The monoisotopic (exact) mass is 339 g/mol. The number of hydrogen-bond acceptors (Lipinski definition) is 5. The molecule has 132 valence electrons. The van der Waals surface area contributed by atoms with Crippen LogP contribution in [0.3, 0.4) is 0 Å². The Morgan fingerprint density at radius 1 is 1.08 bits per heavy atom. The second-order valence-electron chi connectivity index (χ2n) is 6.48. The molecule has 0 radical (unpaired) electrons. The third-order valence-corrected chi connectivity index (χ3v) is 4.59. The Hall–Kier alpha value is -2.53. The van der Waals surface area contributed by atoms with Crippen molar-refractivity contribution in [1.82, 2.24) is 5.32 Å². The largest absolute Gasteiger partial charge is 0.494 e. The summed E-state index contributed by atoms with van der Waals surface area (Å²) in [5.41, 5.74) is 13.5. The predicted octanol–water partition coefficient (Wildman–Crippen LogP) is 2.99. The molecule has 1 aliphatic heterocycles. The van der Waals surface area contributed by atoms with E-state index >= 15 is 0 Å². The number of ether oxygens (including phenoxy) is 1. The van der Waals surface area contributed by atoms with Gasteiger partial charge in [0.1, 0.15) is 5.75 Å². The van der Waals surface area contributed by atoms with E-state index in [1.807, 2.05) is 12.1 Å². The zero-order valence-electron chi connectivity index (χ0n) is 14.3. The van der Waals surface area contributed by atoms with Crippen molar-refractivity contribution in [3.63, 3.8) is 0 Å². The summed E-state index contributed by atoms with van der Waals surface area (Å²) in [4.78, 5) is 12.6. The molecule has 0 aromatic heterocycles. The van der Waals surface area contributed by atoms with Crippen molar-refractivity contribution in [3.8, 4) is 5.75 Å². The fourth-order valence-corrected chi connectivity index (χ4v) is 3.10. The molecule has 2 aromatic rings. The van der Waals surface area contributed by atoms with Crippen molar-refractivity contribution in [3.05, 3.63) is 53.6 Å². The highest BCUT2D eigenvalue weighted by Crippen LogP contribution is 2.21. The van der Waals surface area contributed by atoms with Crippen molar-refractivity contribution >= 4 is 17.2 Å². The smallest absolute Gasteiger partial charge is 0.193 e. The average Bonchev–Trinajstić information content (AvgIpc) is 2.64. The molecule has 5 nitrogen and oxygen atoms in total. The Balaban J connectivity index is 1.62. The fraction of sp³-hybridized carbons (Fsp3) is 0.350. The van der Waals surface area contributed by atoms with E-state index in [9.17, 15) is 4.79 Å². The first-order valence-electron chi connectivity index (χ1n) is 8.79. The molecule has 0 bridgehead atoms. The lowest BCUT2D eigenvalue weighted by molar-refractivity contribution is 0.103. The Bertz CT molecular complexity index is 739. The molecule has 25 heavy (non-hydrogen) atoms. The summed E-state index contributed by atoms with van der Waals surface area (Å²) in [6.07, 6.45) is 4.73. The lowest BCUT2D eigenvalue weighted by atomic mass is 10.0. The van der Waals surface area contributed by atoms with Crippen LogP contribution >= 0.6 is 0 Å². The van der Waals surface area contributed by atoms with E-state index in [0.29, 0.717) is 40.9 Å². The number of rotatable bonds is 6. The van der Waals surface area contributed by atoms with Crippen LogP contribution in [-0.2, 0) is 0 Å². The summed E-state index contributed by atoms with van der Waals surface area (Å²) < 4.78 is 5.84. The highest BCUT2D eigenvalue weighted by atomic mass is 16.5. The van der Waals surface area contributed by atoms with Crippen LogP contribution in [0.5, 0.6) is 5.75 Å². The van der Waals surface area contributed by atoms with Gasteiger partial charge in [-0.25, -0.2) is 0 Å². The molecule has 0 saturated carbocycles. The number of benzene rings is 2. The number of nitrogens with two attached hydrogens (primary N) is 2. The number of nitrogens with one attached hydrogen (secondary N) is 1. The first-order chi connectivity index (χ1) is 12.1. The minimum Gasteiger partial charge on any atom is -0.494 e. The Morgan fingerprint density at radius 2 is 1.92 bits per heavy atom. The van der Waals surface area contributed by atoms with Crippen LogP contribution in [0.25, 0.3) is 0 Å². The van der Waals surface area contributed by atoms with Crippen LogP contribution in [0.4, 0.5) is 11.4 Å². The van der Waals surface area contributed by atoms with E-state index in [1.54, 1.807) is 30.3 Å². The molecule has 0 spiro atoms. The van der Waals surface area contributed by atoms with Crippen molar-refractivity contribution in [2.24, 2.45) is 0 Å². The first-order valence-corrected chi connectivity index (χ1v) is 8.79. The molecule has 0 amide bonds. The molecule has 1 saturated heterocycles. The number of carbonyl (C=O) groups excluding carboxylic acids is 1. The van der Waals surface area contributed by atoms with E-state index in [1.165, 1.54) is 19.3 Å². The Kier molecular flexibility index (Phi) is 5.56. The lowest BCUT2D eigenvalue weighted by Gasteiger charge is -2.23. The summed E-state index contributed by atoms with van der Waals surface area (Å²) in [5, 5.41) is 3.51. The third-order valence-electron chi connectivity index (χ3n) is 4.59. The van der Waals surface area contributed by atoms with Crippen molar-refractivity contribution in [1.29, 1.82) is 0 Å². The van der Waals surface area contributed by atoms with Crippen molar-refractivity contribution in [2.45, 2.75) is 31.7 Å². The minimum atomic E-state index is -0.0916. The lowest BCUT2D eigenvalue weighted by Crippen LogP contribution is -2.35. The van der Waals surface area contributed by atoms with Gasteiger partial charge in [-0.2, -0.15) is 0 Å². The topological polar surface area (TPSA) is 90.4 Å². The number of carbonyl (C=O) groups is 1. The zero-order chi connectivity index (χ0) is 17.6. The van der Waals surface area contributed by atoms with Gasteiger partial charge in [-0.15, -0.1) is 0 Å². The van der Waals surface area contributed by atoms with Gasteiger partial charge >= 0.3 is 0 Å². The Morgan fingerprint density at radius 3 is 2.68 bits per heavy atom. The maximum Gasteiger partial charge on any atom is 0.193 e. The average molecular weight is 339 g/mol. The summed E-state index contributed by atoms with van der Waals surface area (Å²) in [6.45, 7) is 1.74. The van der Waals surface area contributed by atoms with E-state index in [-0.39, 0.29) is 5.78 Å². The molecule has 2 aromatic carbocycles. The highest BCUT2D eigenvalue weighted by molar-refractivity contribution is 6.10. The summed E-state index contributed by atoms with van der Waals surface area (Å²) in [7, 11) is 0. The summed E-state index contributed by atoms with van der Waals surface area (Å²) in [5.74, 6) is 0.621. The molecule has 1 atom stereocenters. The van der Waals surface area contributed by atoms with Gasteiger partial charge in [-0.1, -0.05) is 18.6 Å². The SMILES string of the molecule is Nc1ccc(C(=O)c2cccc(OCCC3CCCCN3)c2)cc1N. The molecule has 3 rings (SSSR count). The van der Waals surface area contributed by atoms with Crippen molar-refractivity contribution in [2.75, 3.05) is 24.6 Å². The summed E-state index contributed by atoms with van der Waals surface area (Å²) >= 11 is 0. The fourth-order valence-electron chi connectivity index (χ4n) is 3.10. The van der Waals surface area contributed by atoms with Gasteiger partial charge in [0.15, 0.2) is 5.78 Å². The Labute approximate surface area is 148 Å². The first kappa shape index (κ1) is 17.3. The van der Waals surface area contributed by atoms with Crippen molar-refractivity contribution < 1.29 is 9.53 Å². The van der Waals surface area contributed by atoms with E-state index in [0.717, 1.165) is 13.0 Å². The van der Waals surface area contributed by atoms with Crippen LogP contribution in [0.1, 0.15) is 41.6 Å². The molecule has 1 fully saturated rings. The standard InChI is InChI=1S/C20H25N3O2/c21-18-8-7-15(13-19(18)22)20(24)14-4-3-6-17(12-14)25-11-9-16-5-1-2-10-23-16/h3-4,6-8,12-13,16,23H,1-2,5,9-11,21-22H2. The van der Waals surface area contributed by atoms with Gasteiger partial charge in [-0.05, 0) is 56.1 Å². The molecular formula is C20H25N3O2. The van der Waals surface area contributed by atoms with E-state index in [4.69, 9.17) is 16.2 Å². The van der Waals surface area contributed by atoms with Gasteiger partial charge < -0.3 is 21.5 Å². The van der Waals surface area contributed by atoms with Gasteiger partial charge in [0.25, 0.3) is 0 Å². The molecule has 5 N–H and O–H groups in total. The van der Waals surface area contributed by atoms with E-state index < -0.39 is 0 Å². The van der Waals surface area contributed by atoms with E-state index in [2.05, 4.69) is 5.32 Å². The number of anilines is 2. The van der Waals surface area contributed by atoms with Gasteiger partial charge in [0.05, 0.1) is 18.0 Å². The second-order valence-corrected chi connectivity index (χ2v) is 6.48. The van der Waals surface area contributed by atoms with Gasteiger partial charge in [0.2, 0.25) is 0 Å². The number of ketones is 1. The number of hydrogen-bond donors (Lipinski definition) is 3. The maximum atomic E-state index is 12.6. The molecule has 1 unspecified atom stereocenters. The molecular weight excluding hydrogens is 314 g/mol. The molecule has 5 heteroatoms. The highest BCUT2D eigenvalue weighted by Gasteiger charge is 2.13. The van der Waals surface area contributed by atoms with Crippen LogP contribution in [0.15, 0.2) is 42.5 Å². The maximum absolute atomic E-state index is 12.6. The molecule has 1 heterocycles. The predicted molar refractivity (Wildman–Crippen MR) is 101 cm³/mol. The quantitative estimate of drug-likeness (QED) is 0.556.